The predicted molar refractivity (Wildman–Crippen MR) is 105 cm³/mol. The van der Waals surface area contributed by atoms with Crippen molar-refractivity contribution in [1.29, 1.82) is 0 Å². The monoisotopic (exact) mass is 423 g/mol. The predicted octanol–water partition coefficient (Wildman–Crippen LogP) is 5.28. The van der Waals surface area contributed by atoms with Gasteiger partial charge in [0.05, 0.1) is 6.42 Å². The van der Waals surface area contributed by atoms with E-state index in [1.807, 2.05) is 0 Å². The van der Waals surface area contributed by atoms with E-state index < -0.39 is 23.5 Å². The van der Waals surface area contributed by atoms with E-state index in [-0.39, 0.29) is 45.9 Å². The summed E-state index contributed by atoms with van der Waals surface area (Å²) in [7, 11) is 0. The van der Waals surface area contributed by atoms with Crippen LogP contribution >= 0.6 is 22.7 Å². The molecule has 0 saturated carbocycles. The maximum Gasteiger partial charge on any atom is 0.339 e. The Morgan fingerprint density at radius 2 is 1.96 bits per heavy atom. The molecule has 1 amide bonds. The molecule has 0 bridgehead atoms. The number of hydrogen-bond donors (Lipinski definition) is 3. The number of allylic oxidation sites excluding steroid dienone is 6. The van der Waals surface area contributed by atoms with Crippen LogP contribution in [-0.4, -0.2) is 22.1 Å². The highest BCUT2D eigenvalue weighted by Gasteiger charge is 2.26. The van der Waals surface area contributed by atoms with Gasteiger partial charge < -0.3 is 15.5 Å². The van der Waals surface area contributed by atoms with Crippen LogP contribution in [0.2, 0.25) is 0 Å². The summed E-state index contributed by atoms with van der Waals surface area (Å²) in [5.74, 6) is -4.06. The molecule has 0 aromatic carbocycles. The minimum absolute atomic E-state index is 0.00946. The Hall–Kier alpha value is -2.78. The summed E-state index contributed by atoms with van der Waals surface area (Å²) in [5, 5.41) is 26.2. The van der Waals surface area contributed by atoms with Gasteiger partial charge in [0, 0.05) is 27.5 Å². The van der Waals surface area contributed by atoms with Crippen molar-refractivity contribution >= 4 is 45.1 Å². The van der Waals surface area contributed by atoms with Crippen molar-refractivity contribution in [2.75, 3.05) is 5.32 Å². The van der Waals surface area contributed by atoms with Crippen molar-refractivity contribution in [3.8, 4) is 5.75 Å². The molecule has 0 atom stereocenters. The first-order valence-corrected chi connectivity index (χ1v) is 9.92. The van der Waals surface area contributed by atoms with E-state index >= 15 is 0 Å². The first-order valence-electron chi connectivity index (χ1n) is 8.10. The summed E-state index contributed by atoms with van der Waals surface area (Å²) in [4.78, 5) is 24.0. The number of nitrogens with one attached hydrogen (secondary N) is 1. The summed E-state index contributed by atoms with van der Waals surface area (Å²) in [5.41, 5.74) is 0.123. The molecular formula is C19H15F2NO4S2. The van der Waals surface area contributed by atoms with Crippen LogP contribution in [0.3, 0.4) is 0 Å². The molecule has 9 heteroatoms. The van der Waals surface area contributed by atoms with Crippen LogP contribution in [0.15, 0.2) is 45.5 Å². The van der Waals surface area contributed by atoms with Gasteiger partial charge in [0.2, 0.25) is 5.91 Å². The molecule has 0 unspecified atom stereocenters. The highest BCUT2D eigenvalue weighted by Crippen LogP contribution is 2.39. The number of aromatic hydroxyl groups is 1. The molecule has 2 aromatic heterocycles. The summed E-state index contributed by atoms with van der Waals surface area (Å²) < 4.78 is 28.7. The van der Waals surface area contributed by atoms with E-state index in [9.17, 15) is 28.6 Å². The van der Waals surface area contributed by atoms with Gasteiger partial charge in [-0.3, -0.25) is 4.79 Å². The number of halogens is 2. The number of carboxylic acid groups (broad SMARTS) is 1. The van der Waals surface area contributed by atoms with Gasteiger partial charge in [-0.05, 0) is 24.3 Å². The molecule has 0 spiro atoms. The number of amides is 1. The lowest BCUT2D eigenvalue weighted by Gasteiger charge is -2.07. The first-order chi connectivity index (χ1) is 13.3. The second kappa shape index (κ2) is 8.07. The van der Waals surface area contributed by atoms with Gasteiger partial charge in [0.1, 0.15) is 16.3 Å². The lowest BCUT2D eigenvalue weighted by Crippen LogP contribution is -2.15. The van der Waals surface area contributed by atoms with E-state index in [0.717, 1.165) is 11.3 Å². The summed E-state index contributed by atoms with van der Waals surface area (Å²) in [6.45, 7) is 1.46. The van der Waals surface area contributed by atoms with Gasteiger partial charge in [-0.15, -0.1) is 22.7 Å². The SMILES string of the molecule is CC1=C(F)C(F)=C(c2csc(NC(=O)Cc3cscc3O)c2C(=O)O)C=CC1. The third-order valence-corrected chi connectivity index (χ3v) is 5.81. The average molecular weight is 423 g/mol. The van der Waals surface area contributed by atoms with E-state index in [1.54, 1.807) is 11.5 Å². The fourth-order valence-electron chi connectivity index (χ4n) is 2.68. The van der Waals surface area contributed by atoms with Crippen LogP contribution in [0.1, 0.15) is 34.8 Å². The Bertz CT molecular complexity index is 1050. The quantitative estimate of drug-likeness (QED) is 0.611. The molecule has 1 aliphatic rings. The van der Waals surface area contributed by atoms with Gasteiger partial charge in [0.25, 0.3) is 0 Å². The van der Waals surface area contributed by atoms with Gasteiger partial charge in [0.15, 0.2) is 11.7 Å². The lowest BCUT2D eigenvalue weighted by atomic mass is 10.0. The topological polar surface area (TPSA) is 86.6 Å². The van der Waals surface area contributed by atoms with E-state index in [2.05, 4.69) is 5.32 Å². The van der Waals surface area contributed by atoms with Crippen molar-refractivity contribution in [2.45, 2.75) is 19.8 Å². The summed E-state index contributed by atoms with van der Waals surface area (Å²) in [6.07, 6.45) is 2.96. The molecule has 146 valence electrons. The van der Waals surface area contributed by atoms with Crippen LogP contribution in [0.4, 0.5) is 13.8 Å². The Morgan fingerprint density at radius 1 is 1.21 bits per heavy atom. The molecule has 5 nitrogen and oxygen atoms in total. The van der Waals surface area contributed by atoms with Gasteiger partial charge in [-0.25, -0.2) is 13.6 Å². The third kappa shape index (κ3) is 3.90. The number of rotatable bonds is 5. The standard InChI is InChI=1S/C19H15F2NO4S2/c1-9-3-2-4-11(17(21)16(9)20)12-7-28-18(15(12)19(25)26)22-14(24)5-10-6-27-8-13(10)23/h2,4,6-8,23H,3,5H2,1H3,(H,22,24)(H,25,26). The van der Waals surface area contributed by atoms with Crippen molar-refractivity contribution in [3.63, 3.8) is 0 Å². The zero-order valence-electron chi connectivity index (χ0n) is 14.6. The normalized spacial score (nSPS) is 14.4. The van der Waals surface area contributed by atoms with Crippen molar-refractivity contribution in [2.24, 2.45) is 0 Å². The maximum absolute atomic E-state index is 14.5. The molecule has 0 radical (unpaired) electrons. The van der Waals surface area contributed by atoms with Crippen molar-refractivity contribution in [3.05, 3.63) is 62.2 Å². The van der Waals surface area contributed by atoms with Crippen LogP contribution in [0, 0.1) is 0 Å². The van der Waals surface area contributed by atoms with Gasteiger partial charge >= 0.3 is 5.97 Å². The van der Waals surface area contributed by atoms with Crippen LogP contribution < -0.4 is 5.32 Å². The zero-order chi connectivity index (χ0) is 20.4. The smallest absolute Gasteiger partial charge is 0.339 e. The molecule has 3 rings (SSSR count). The number of carbonyl (C=O) groups excluding carboxylic acids is 1. The van der Waals surface area contributed by atoms with Crippen molar-refractivity contribution < 1.29 is 28.6 Å². The Kier molecular flexibility index (Phi) is 5.76. The Balaban J connectivity index is 1.96. The van der Waals surface area contributed by atoms with Crippen molar-refractivity contribution in [1.82, 2.24) is 0 Å². The number of thiophene rings is 2. The second-order valence-corrected chi connectivity index (χ2v) is 7.72. The molecule has 2 aromatic rings. The van der Waals surface area contributed by atoms with E-state index in [4.69, 9.17) is 0 Å². The number of carbonyl (C=O) groups is 2. The van der Waals surface area contributed by atoms with E-state index in [0.29, 0.717) is 5.56 Å². The molecule has 0 aliphatic heterocycles. The van der Waals surface area contributed by atoms with Crippen LogP contribution in [0.25, 0.3) is 5.57 Å². The van der Waals surface area contributed by atoms with Gasteiger partial charge in [-0.2, -0.15) is 0 Å². The Labute approximate surface area is 167 Å². The van der Waals surface area contributed by atoms with E-state index in [1.165, 1.54) is 35.1 Å². The van der Waals surface area contributed by atoms with Crippen LogP contribution in [0.5, 0.6) is 5.75 Å². The molecule has 2 heterocycles. The Morgan fingerprint density at radius 3 is 2.61 bits per heavy atom. The average Bonchev–Trinajstić information content (AvgIpc) is 3.20. The fraction of sp³-hybridized carbons (Fsp3) is 0.158. The minimum Gasteiger partial charge on any atom is -0.507 e. The number of aromatic carboxylic acids is 1. The molecule has 28 heavy (non-hydrogen) atoms. The second-order valence-electron chi connectivity index (χ2n) is 6.09. The lowest BCUT2D eigenvalue weighted by molar-refractivity contribution is -0.115. The molecule has 1 aliphatic carbocycles. The number of carboxylic acids is 1. The molecule has 0 saturated heterocycles. The van der Waals surface area contributed by atoms with Crippen LogP contribution in [-0.2, 0) is 11.2 Å². The summed E-state index contributed by atoms with van der Waals surface area (Å²) >= 11 is 2.14. The summed E-state index contributed by atoms with van der Waals surface area (Å²) in [6, 6.07) is 0. The largest absolute Gasteiger partial charge is 0.507 e. The molecular weight excluding hydrogens is 408 g/mol. The first kappa shape index (κ1) is 20.0. The minimum atomic E-state index is -1.37. The molecule has 3 N–H and O–H groups in total. The number of anilines is 1. The highest BCUT2D eigenvalue weighted by molar-refractivity contribution is 7.15. The third-order valence-electron chi connectivity index (χ3n) is 4.13. The fourth-order valence-corrected chi connectivity index (χ4v) is 4.37. The number of hydrogen-bond acceptors (Lipinski definition) is 5. The molecule has 0 fully saturated rings. The highest BCUT2D eigenvalue weighted by atomic mass is 32.1. The maximum atomic E-state index is 14.5. The zero-order valence-corrected chi connectivity index (χ0v) is 16.2. The van der Waals surface area contributed by atoms with Gasteiger partial charge in [-0.1, -0.05) is 12.2 Å².